The van der Waals surface area contributed by atoms with Crippen LogP contribution in [0.3, 0.4) is 0 Å². The van der Waals surface area contributed by atoms with Gasteiger partial charge in [-0.3, -0.25) is 19.3 Å². The minimum Gasteiger partial charge on any atom is -0.324 e. The first-order chi connectivity index (χ1) is 12.9. The third kappa shape index (κ3) is 2.20. The second-order valence-corrected chi connectivity index (χ2v) is 8.61. The van der Waals surface area contributed by atoms with Gasteiger partial charge in [-0.2, -0.15) is 0 Å². The standard InChI is InChI=1S/C22H24N2O3/c1-10-5-4-6-17(11(10)2)23-20(25)12(3)24-21(26)18-13-7-8-14(16-9-15(13)16)19(18)22(24)27/h4-8,12-16,18-19H,9H2,1-3H3,(H,23,25)/t12-,13-,14-,15-,16-,18-,19+/m1/s1. The third-order valence-electron chi connectivity index (χ3n) is 7.33. The molecule has 4 aliphatic carbocycles. The number of hydrogen-bond acceptors (Lipinski definition) is 3. The molecule has 2 bridgehead atoms. The number of amides is 3. The molecule has 2 saturated carbocycles. The summed E-state index contributed by atoms with van der Waals surface area (Å²) in [6, 6.07) is 4.92. The van der Waals surface area contributed by atoms with Crippen molar-refractivity contribution in [1.82, 2.24) is 4.90 Å². The van der Waals surface area contributed by atoms with Crippen molar-refractivity contribution in [1.29, 1.82) is 0 Å². The molecule has 1 N–H and O–H groups in total. The van der Waals surface area contributed by atoms with Gasteiger partial charge in [-0.25, -0.2) is 0 Å². The van der Waals surface area contributed by atoms with Gasteiger partial charge in [0.25, 0.3) is 0 Å². The fourth-order valence-corrected chi connectivity index (χ4v) is 5.60. The molecule has 0 aromatic heterocycles. The minimum absolute atomic E-state index is 0.154. The smallest absolute Gasteiger partial charge is 0.247 e. The van der Waals surface area contributed by atoms with Crippen LogP contribution in [0.1, 0.15) is 24.5 Å². The van der Waals surface area contributed by atoms with Crippen molar-refractivity contribution in [2.75, 3.05) is 5.32 Å². The molecular weight excluding hydrogens is 340 g/mol. The Morgan fingerprint density at radius 3 is 2.26 bits per heavy atom. The number of anilines is 1. The molecule has 7 atom stereocenters. The van der Waals surface area contributed by atoms with Gasteiger partial charge in [0.15, 0.2) is 0 Å². The summed E-state index contributed by atoms with van der Waals surface area (Å²) in [5.74, 6) is 0.362. The Morgan fingerprint density at radius 1 is 1.07 bits per heavy atom. The van der Waals surface area contributed by atoms with Crippen molar-refractivity contribution in [3.8, 4) is 0 Å². The lowest BCUT2D eigenvalue weighted by atomic mass is 9.63. The van der Waals surface area contributed by atoms with E-state index >= 15 is 0 Å². The molecule has 5 aliphatic rings. The monoisotopic (exact) mass is 364 g/mol. The molecular formula is C22H24N2O3. The number of hydrogen-bond donors (Lipinski definition) is 1. The summed E-state index contributed by atoms with van der Waals surface area (Å²) in [5, 5.41) is 2.91. The fraction of sp³-hybridized carbons (Fsp3) is 0.500. The topological polar surface area (TPSA) is 66.5 Å². The molecule has 27 heavy (non-hydrogen) atoms. The first-order valence-electron chi connectivity index (χ1n) is 9.82. The second-order valence-electron chi connectivity index (χ2n) is 8.61. The highest BCUT2D eigenvalue weighted by molar-refractivity contribution is 6.10. The summed E-state index contributed by atoms with van der Waals surface area (Å²) in [6.07, 6.45) is 5.43. The quantitative estimate of drug-likeness (QED) is 0.662. The lowest BCUT2D eigenvalue weighted by Crippen LogP contribution is -2.46. The molecule has 0 spiro atoms. The number of imide groups is 1. The number of carbonyl (C=O) groups excluding carboxylic acids is 3. The average Bonchev–Trinajstić information content (AvgIpc) is 3.42. The largest absolute Gasteiger partial charge is 0.324 e. The number of allylic oxidation sites excluding steroid dienone is 2. The molecule has 5 nitrogen and oxygen atoms in total. The highest BCUT2D eigenvalue weighted by atomic mass is 16.2. The van der Waals surface area contributed by atoms with Crippen molar-refractivity contribution in [3.63, 3.8) is 0 Å². The average molecular weight is 364 g/mol. The van der Waals surface area contributed by atoms with Gasteiger partial charge >= 0.3 is 0 Å². The van der Waals surface area contributed by atoms with Gasteiger partial charge in [0.1, 0.15) is 6.04 Å². The summed E-state index contributed by atoms with van der Waals surface area (Å²) < 4.78 is 0. The van der Waals surface area contributed by atoms with E-state index in [1.54, 1.807) is 6.92 Å². The SMILES string of the molecule is Cc1cccc(NC(=O)[C@@H](C)N2C(=O)[C@@H]3[C@@H]4C=C[C@H]([C@H]5C[C@H]45)[C@@H]3C2=O)c1C. The normalized spacial score (nSPS) is 36.5. The van der Waals surface area contributed by atoms with E-state index in [9.17, 15) is 14.4 Å². The molecule has 1 aromatic carbocycles. The number of likely N-dealkylation sites (tertiary alicyclic amines) is 1. The summed E-state index contributed by atoms with van der Waals surface area (Å²) in [4.78, 5) is 40.3. The lowest BCUT2D eigenvalue weighted by Gasteiger charge is -2.37. The Bertz CT molecular complexity index is 869. The van der Waals surface area contributed by atoms with Gasteiger partial charge in [-0.1, -0.05) is 24.3 Å². The van der Waals surface area contributed by atoms with Crippen molar-refractivity contribution in [3.05, 3.63) is 41.5 Å². The fourth-order valence-electron chi connectivity index (χ4n) is 5.60. The molecule has 3 fully saturated rings. The number of benzene rings is 1. The van der Waals surface area contributed by atoms with Gasteiger partial charge in [0, 0.05) is 5.69 Å². The molecule has 3 amide bonds. The molecule has 1 aliphatic heterocycles. The molecule has 0 unspecified atom stereocenters. The minimum atomic E-state index is -0.800. The van der Waals surface area contributed by atoms with Crippen molar-refractivity contribution in [2.24, 2.45) is 35.5 Å². The van der Waals surface area contributed by atoms with Crippen LogP contribution in [0, 0.1) is 49.4 Å². The molecule has 0 radical (unpaired) electrons. The van der Waals surface area contributed by atoms with Crippen LogP contribution in [-0.2, 0) is 14.4 Å². The van der Waals surface area contributed by atoms with E-state index in [1.165, 1.54) is 4.90 Å². The molecule has 5 heteroatoms. The Hall–Kier alpha value is -2.43. The van der Waals surface area contributed by atoms with Crippen LogP contribution in [0.2, 0.25) is 0 Å². The van der Waals surface area contributed by atoms with Gasteiger partial charge in [-0.05, 0) is 68.1 Å². The van der Waals surface area contributed by atoms with Gasteiger partial charge < -0.3 is 5.32 Å². The van der Waals surface area contributed by atoms with E-state index < -0.39 is 6.04 Å². The first kappa shape index (κ1) is 16.7. The predicted octanol–water partition coefficient (Wildman–Crippen LogP) is 2.68. The van der Waals surface area contributed by atoms with E-state index in [1.807, 2.05) is 32.0 Å². The number of carbonyl (C=O) groups is 3. The Labute approximate surface area is 158 Å². The zero-order chi connectivity index (χ0) is 19.0. The van der Waals surface area contributed by atoms with E-state index in [-0.39, 0.29) is 41.4 Å². The van der Waals surface area contributed by atoms with Gasteiger partial charge in [-0.15, -0.1) is 0 Å². The predicted molar refractivity (Wildman–Crippen MR) is 101 cm³/mol. The number of rotatable bonds is 3. The van der Waals surface area contributed by atoms with Crippen LogP contribution < -0.4 is 5.32 Å². The van der Waals surface area contributed by atoms with Crippen LogP contribution >= 0.6 is 0 Å². The Balaban J connectivity index is 1.39. The number of nitrogens with zero attached hydrogens (tertiary/aromatic N) is 1. The second kappa shape index (κ2) is 5.54. The highest BCUT2D eigenvalue weighted by Gasteiger charge is 2.67. The van der Waals surface area contributed by atoms with Crippen LogP contribution in [0.5, 0.6) is 0 Å². The maximum absolute atomic E-state index is 13.1. The van der Waals surface area contributed by atoms with Crippen molar-refractivity contribution >= 4 is 23.4 Å². The zero-order valence-electron chi connectivity index (χ0n) is 15.8. The van der Waals surface area contributed by atoms with Crippen LogP contribution in [-0.4, -0.2) is 28.7 Å². The summed E-state index contributed by atoms with van der Waals surface area (Å²) in [7, 11) is 0. The van der Waals surface area contributed by atoms with Crippen molar-refractivity contribution in [2.45, 2.75) is 33.2 Å². The summed E-state index contributed by atoms with van der Waals surface area (Å²) in [5.41, 5.74) is 2.81. The van der Waals surface area contributed by atoms with Gasteiger partial charge in [0.2, 0.25) is 17.7 Å². The van der Waals surface area contributed by atoms with Gasteiger partial charge in [0.05, 0.1) is 11.8 Å². The third-order valence-corrected chi connectivity index (χ3v) is 7.33. The first-order valence-corrected chi connectivity index (χ1v) is 9.82. The zero-order valence-corrected chi connectivity index (χ0v) is 15.8. The molecule has 1 saturated heterocycles. The molecule has 1 heterocycles. The molecule has 6 rings (SSSR count). The van der Waals surface area contributed by atoms with E-state index in [0.29, 0.717) is 11.8 Å². The number of aryl methyl sites for hydroxylation is 1. The number of nitrogens with one attached hydrogen (secondary N) is 1. The van der Waals surface area contributed by atoms with Crippen LogP contribution in [0.4, 0.5) is 5.69 Å². The maximum atomic E-state index is 13.1. The van der Waals surface area contributed by atoms with Crippen molar-refractivity contribution < 1.29 is 14.4 Å². The highest BCUT2D eigenvalue weighted by Crippen LogP contribution is 2.65. The van der Waals surface area contributed by atoms with Crippen LogP contribution in [0.25, 0.3) is 0 Å². The molecule has 1 aromatic rings. The summed E-state index contributed by atoms with van der Waals surface area (Å²) in [6.45, 7) is 5.59. The van der Waals surface area contributed by atoms with E-state index in [4.69, 9.17) is 0 Å². The maximum Gasteiger partial charge on any atom is 0.247 e. The van der Waals surface area contributed by atoms with E-state index in [0.717, 1.165) is 23.2 Å². The lowest BCUT2D eigenvalue weighted by molar-refractivity contribution is -0.146. The molecule has 140 valence electrons. The Kier molecular flexibility index (Phi) is 3.43. The Morgan fingerprint density at radius 2 is 1.67 bits per heavy atom. The summed E-state index contributed by atoms with van der Waals surface area (Å²) >= 11 is 0. The van der Waals surface area contributed by atoms with Crippen LogP contribution in [0.15, 0.2) is 30.4 Å². The van der Waals surface area contributed by atoms with E-state index in [2.05, 4.69) is 17.5 Å².